The van der Waals surface area contributed by atoms with Gasteiger partial charge in [0, 0.05) is 6.42 Å². The number of rotatable bonds is 3. The Morgan fingerprint density at radius 2 is 2.06 bits per heavy atom. The molecule has 0 N–H and O–H groups in total. The van der Waals surface area contributed by atoms with Crippen molar-refractivity contribution in [3.63, 3.8) is 0 Å². The van der Waals surface area contributed by atoms with Crippen molar-refractivity contribution in [2.24, 2.45) is 11.3 Å². The molecule has 1 heteroatoms. The van der Waals surface area contributed by atoms with Crippen LogP contribution in [0.3, 0.4) is 0 Å². The molecule has 96 valence electrons. The molecule has 1 aliphatic rings. The molecule has 0 radical (unpaired) electrons. The number of carbonyl (C=O) groups excluding carboxylic acids is 1. The zero-order valence-electron chi connectivity index (χ0n) is 12.2. The average molecular weight is 234 g/mol. The fourth-order valence-corrected chi connectivity index (χ4v) is 2.62. The van der Waals surface area contributed by atoms with Gasteiger partial charge in [0.2, 0.25) is 0 Å². The third-order valence-electron chi connectivity index (χ3n) is 4.41. The first-order chi connectivity index (χ1) is 7.79. The Labute approximate surface area is 106 Å². The van der Waals surface area contributed by atoms with Crippen molar-refractivity contribution in [1.82, 2.24) is 0 Å². The molecule has 0 fully saturated rings. The van der Waals surface area contributed by atoms with E-state index in [1.54, 1.807) is 0 Å². The topological polar surface area (TPSA) is 17.1 Å². The van der Waals surface area contributed by atoms with E-state index in [2.05, 4.69) is 40.7 Å². The highest BCUT2D eigenvalue weighted by Crippen LogP contribution is 2.42. The standard InChI is InChI=1S/C16H26O/c1-7-11(2)12(3)10-14-13(4)15(17)8-9-16(14,5)6/h7,12H,8-10H2,1-6H3. The molecule has 1 atom stereocenters. The molecular formula is C16H26O. The van der Waals surface area contributed by atoms with Gasteiger partial charge in [0.15, 0.2) is 5.78 Å². The molecule has 0 saturated carbocycles. The van der Waals surface area contributed by atoms with Crippen molar-refractivity contribution >= 4 is 5.78 Å². The third kappa shape index (κ3) is 3.08. The number of Topliss-reactive ketones (excluding diaryl/α,β-unsaturated/α-hetero) is 1. The molecule has 0 spiro atoms. The van der Waals surface area contributed by atoms with E-state index < -0.39 is 0 Å². The average Bonchev–Trinajstić information content (AvgIpc) is 2.28. The zero-order chi connectivity index (χ0) is 13.2. The summed E-state index contributed by atoms with van der Waals surface area (Å²) in [4.78, 5) is 11.8. The molecule has 0 bridgehead atoms. The first-order valence-corrected chi connectivity index (χ1v) is 6.66. The molecule has 1 rings (SSSR count). The molecule has 0 aromatic rings. The lowest BCUT2D eigenvalue weighted by Crippen LogP contribution is -2.26. The van der Waals surface area contributed by atoms with Gasteiger partial charge in [-0.2, -0.15) is 0 Å². The lowest BCUT2D eigenvalue weighted by molar-refractivity contribution is -0.116. The van der Waals surface area contributed by atoms with Crippen molar-refractivity contribution in [1.29, 1.82) is 0 Å². The molecular weight excluding hydrogens is 208 g/mol. The second-order valence-corrected chi connectivity index (χ2v) is 6.05. The SMILES string of the molecule is CC=C(C)C(C)CC1=C(C)C(=O)CCC1(C)C. The molecule has 0 amide bonds. The van der Waals surface area contributed by atoms with Crippen LogP contribution >= 0.6 is 0 Å². The maximum atomic E-state index is 11.8. The number of hydrogen-bond donors (Lipinski definition) is 0. The van der Waals surface area contributed by atoms with Gasteiger partial charge >= 0.3 is 0 Å². The summed E-state index contributed by atoms with van der Waals surface area (Å²) in [5, 5.41) is 0. The van der Waals surface area contributed by atoms with Crippen LogP contribution in [0.25, 0.3) is 0 Å². The van der Waals surface area contributed by atoms with Crippen molar-refractivity contribution in [2.45, 2.75) is 60.8 Å². The molecule has 17 heavy (non-hydrogen) atoms. The van der Waals surface area contributed by atoms with E-state index in [4.69, 9.17) is 0 Å². The van der Waals surface area contributed by atoms with Crippen LogP contribution in [0, 0.1) is 11.3 Å². The minimum atomic E-state index is 0.195. The van der Waals surface area contributed by atoms with Gasteiger partial charge in [-0.25, -0.2) is 0 Å². The van der Waals surface area contributed by atoms with E-state index in [9.17, 15) is 4.79 Å². The maximum absolute atomic E-state index is 11.8. The smallest absolute Gasteiger partial charge is 0.158 e. The van der Waals surface area contributed by atoms with E-state index >= 15 is 0 Å². The van der Waals surface area contributed by atoms with Crippen molar-refractivity contribution in [3.8, 4) is 0 Å². The summed E-state index contributed by atoms with van der Waals surface area (Å²) in [6.45, 7) is 13.1. The molecule has 0 aromatic carbocycles. The van der Waals surface area contributed by atoms with E-state index in [1.807, 2.05) is 6.92 Å². The van der Waals surface area contributed by atoms with Gasteiger partial charge in [0.1, 0.15) is 0 Å². The lowest BCUT2D eigenvalue weighted by Gasteiger charge is -2.35. The fraction of sp³-hybridized carbons (Fsp3) is 0.688. The highest BCUT2D eigenvalue weighted by molar-refractivity contribution is 5.96. The summed E-state index contributed by atoms with van der Waals surface area (Å²) in [7, 11) is 0. The van der Waals surface area contributed by atoms with Crippen LogP contribution in [0.2, 0.25) is 0 Å². The lowest BCUT2D eigenvalue weighted by atomic mass is 9.69. The number of hydrogen-bond acceptors (Lipinski definition) is 1. The summed E-state index contributed by atoms with van der Waals surface area (Å²) in [5.41, 5.74) is 4.01. The molecule has 0 heterocycles. The van der Waals surface area contributed by atoms with Crippen molar-refractivity contribution in [2.75, 3.05) is 0 Å². The van der Waals surface area contributed by atoms with Crippen LogP contribution in [0.1, 0.15) is 60.8 Å². The molecule has 1 aliphatic carbocycles. The highest BCUT2D eigenvalue weighted by Gasteiger charge is 2.32. The Morgan fingerprint density at radius 1 is 1.47 bits per heavy atom. The van der Waals surface area contributed by atoms with Gasteiger partial charge in [-0.3, -0.25) is 4.79 Å². The predicted octanol–water partition coefficient (Wildman–Crippen LogP) is 4.68. The van der Waals surface area contributed by atoms with Gasteiger partial charge in [-0.05, 0) is 50.5 Å². The van der Waals surface area contributed by atoms with Gasteiger partial charge in [0.25, 0.3) is 0 Å². The molecule has 0 aromatic heterocycles. The molecule has 1 unspecified atom stereocenters. The largest absolute Gasteiger partial charge is 0.295 e. The first-order valence-electron chi connectivity index (χ1n) is 6.66. The predicted molar refractivity (Wildman–Crippen MR) is 73.9 cm³/mol. The second-order valence-electron chi connectivity index (χ2n) is 6.05. The summed E-state index contributed by atoms with van der Waals surface area (Å²) >= 11 is 0. The first kappa shape index (κ1) is 14.2. The Hall–Kier alpha value is -0.850. The van der Waals surface area contributed by atoms with Crippen LogP contribution in [-0.4, -0.2) is 5.78 Å². The number of ketones is 1. The van der Waals surface area contributed by atoms with Gasteiger partial charge in [0.05, 0.1) is 0 Å². The summed E-state index contributed by atoms with van der Waals surface area (Å²) in [6.07, 6.45) is 4.93. The Morgan fingerprint density at radius 3 is 2.59 bits per heavy atom. The number of allylic oxidation sites excluding steroid dienone is 4. The van der Waals surface area contributed by atoms with E-state index in [-0.39, 0.29) is 5.41 Å². The zero-order valence-corrected chi connectivity index (χ0v) is 12.2. The third-order valence-corrected chi connectivity index (χ3v) is 4.41. The van der Waals surface area contributed by atoms with E-state index in [0.717, 1.165) is 24.8 Å². The van der Waals surface area contributed by atoms with Gasteiger partial charge in [-0.1, -0.05) is 38.0 Å². The maximum Gasteiger partial charge on any atom is 0.158 e. The van der Waals surface area contributed by atoms with Crippen LogP contribution in [0.15, 0.2) is 22.8 Å². The van der Waals surface area contributed by atoms with E-state index in [1.165, 1.54) is 11.1 Å². The molecule has 0 aliphatic heterocycles. The number of carbonyl (C=O) groups is 1. The van der Waals surface area contributed by atoms with Crippen LogP contribution in [0.4, 0.5) is 0 Å². The quantitative estimate of drug-likeness (QED) is 0.648. The minimum absolute atomic E-state index is 0.195. The van der Waals surface area contributed by atoms with E-state index in [0.29, 0.717) is 11.7 Å². The van der Waals surface area contributed by atoms with Crippen LogP contribution in [0.5, 0.6) is 0 Å². The fourth-order valence-electron chi connectivity index (χ4n) is 2.62. The van der Waals surface area contributed by atoms with Crippen molar-refractivity contribution < 1.29 is 4.79 Å². The second kappa shape index (κ2) is 5.20. The van der Waals surface area contributed by atoms with Crippen LogP contribution in [-0.2, 0) is 4.79 Å². The minimum Gasteiger partial charge on any atom is -0.295 e. The summed E-state index contributed by atoms with van der Waals surface area (Å²) in [5.74, 6) is 0.889. The summed E-state index contributed by atoms with van der Waals surface area (Å²) < 4.78 is 0. The van der Waals surface area contributed by atoms with Gasteiger partial charge < -0.3 is 0 Å². The molecule has 0 saturated heterocycles. The monoisotopic (exact) mass is 234 g/mol. The normalized spacial score (nSPS) is 22.9. The Kier molecular flexibility index (Phi) is 4.35. The van der Waals surface area contributed by atoms with Crippen LogP contribution < -0.4 is 0 Å². The highest BCUT2D eigenvalue weighted by atomic mass is 16.1. The molecule has 1 nitrogen and oxygen atoms in total. The van der Waals surface area contributed by atoms with Gasteiger partial charge in [-0.15, -0.1) is 0 Å². The Bertz CT molecular complexity index is 369. The summed E-state index contributed by atoms with van der Waals surface area (Å²) in [6, 6.07) is 0. The Balaban J connectivity index is 3.00. The van der Waals surface area contributed by atoms with Crippen molar-refractivity contribution in [3.05, 3.63) is 22.8 Å².